The molecule has 1 aliphatic rings. The summed E-state index contributed by atoms with van der Waals surface area (Å²) in [6.45, 7) is 4.64. The van der Waals surface area contributed by atoms with Gasteiger partial charge in [0.15, 0.2) is 0 Å². The van der Waals surface area contributed by atoms with Crippen molar-refractivity contribution in [1.82, 2.24) is 0 Å². The molecular weight excluding hydrogens is 251 g/mol. The van der Waals surface area contributed by atoms with Gasteiger partial charge >= 0.3 is 0 Å². The van der Waals surface area contributed by atoms with Gasteiger partial charge in [0.05, 0.1) is 6.61 Å². The highest BCUT2D eigenvalue weighted by atomic mass is 35.5. The molecule has 0 N–H and O–H groups in total. The van der Waals surface area contributed by atoms with E-state index in [9.17, 15) is 4.39 Å². The summed E-state index contributed by atoms with van der Waals surface area (Å²) in [4.78, 5) is 0. The van der Waals surface area contributed by atoms with Gasteiger partial charge in [0, 0.05) is 0 Å². The largest absolute Gasteiger partial charge is 0.492 e. The summed E-state index contributed by atoms with van der Waals surface area (Å²) < 4.78 is 19.3. The smallest absolute Gasteiger partial charge is 0.148 e. The molecule has 1 aliphatic carbocycles. The molecule has 0 amide bonds. The van der Waals surface area contributed by atoms with Gasteiger partial charge in [-0.3, -0.25) is 0 Å². The maximum Gasteiger partial charge on any atom is 0.148 e. The summed E-state index contributed by atoms with van der Waals surface area (Å²) in [5.41, 5.74) is 0.554. The maximum atomic E-state index is 13.6. The first kappa shape index (κ1) is 13.7. The predicted molar refractivity (Wildman–Crippen MR) is 72.8 cm³/mol. The molecule has 100 valence electrons. The molecule has 1 fully saturated rings. The van der Waals surface area contributed by atoms with Crippen molar-refractivity contribution < 1.29 is 9.13 Å². The highest BCUT2D eigenvalue weighted by molar-refractivity contribution is 6.32. The molecule has 2 rings (SSSR count). The van der Waals surface area contributed by atoms with E-state index in [0.717, 1.165) is 5.92 Å². The lowest BCUT2D eigenvalue weighted by atomic mass is 9.83. The minimum atomic E-state index is -0.369. The fourth-order valence-electron chi connectivity index (χ4n) is 2.44. The summed E-state index contributed by atoms with van der Waals surface area (Å²) in [5.74, 6) is 1.52. The van der Waals surface area contributed by atoms with Crippen LogP contribution in [0.2, 0.25) is 5.02 Å². The van der Waals surface area contributed by atoms with Gasteiger partial charge in [-0.15, -0.1) is 0 Å². The van der Waals surface area contributed by atoms with Crippen LogP contribution in [-0.2, 0) is 0 Å². The van der Waals surface area contributed by atoms with Gasteiger partial charge in [-0.05, 0) is 43.2 Å². The Bertz CT molecular complexity index is 411. The number of halogens is 2. The van der Waals surface area contributed by atoms with E-state index in [1.54, 1.807) is 19.1 Å². The Hall–Kier alpha value is -0.760. The molecule has 1 saturated carbocycles. The third-order valence-corrected chi connectivity index (χ3v) is 4.20. The van der Waals surface area contributed by atoms with Gasteiger partial charge in [-0.1, -0.05) is 37.4 Å². The molecular formula is C15H20ClFO. The zero-order chi connectivity index (χ0) is 13.1. The second kappa shape index (κ2) is 5.92. The molecule has 0 aromatic heterocycles. The summed E-state index contributed by atoms with van der Waals surface area (Å²) in [6, 6.07) is 3.46. The normalized spacial score (nSPS) is 24.0. The summed E-state index contributed by atoms with van der Waals surface area (Å²) >= 11 is 5.94. The molecule has 0 radical (unpaired) electrons. The molecule has 1 aromatic carbocycles. The summed E-state index contributed by atoms with van der Waals surface area (Å²) in [7, 11) is 0. The number of hydrogen-bond donors (Lipinski definition) is 0. The minimum Gasteiger partial charge on any atom is -0.492 e. The first-order valence-corrected chi connectivity index (χ1v) is 7.03. The topological polar surface area (TPSA) is 9.23 Å². The predicted octanol–water partition coefficient (Wildman–Crippen LogP) is 4.99. The van der Waals surface area contributed by atoms with E-state index in [1.807, 2.05) is 0 Å². The van der Waals surface area contributed by atoms with Crippen molar-refractivity contribution in [2.75, 3.05) is 6.61 Å². The Balaban J connectivity index is 1.92. The van der Waals surface area contributed by atoms with Crippen molar-refractivity contribution in [3.8, 4) is 5.75 Å². The highest BCUT2D eigenvalue weighted by Crippen LogP contribution is 2.32. The zero-order valence-electron chi connectivity index (χ0n) is 11.0. The summed E-state index contributed by atoms with van der Waals surface area (Å²) in [6.07, 6.45) is 4.94. The van der Waals surface area contributed by atoms with Crippen LogP contribution >= 0.6 is 11.6 Å². The maximum absolute atomic E-state index is 13.6. The lowest BCUT2D eigenvalue weighted by Crippen LogP contribution is -2.18. The van der Waals surface area contributed by atoms with Crippen LogP contribution in [-0.4, -0.2) is 6.61 Å². The second-order valence-corrected chi connectivity index (χ2v) is 5.82. The van der Waals surface area contributed by atoms with E-state index in [-0.39, 0.29) is 10.8 Å². The Morgan fingerprint density at radius 3 is 2.61 bits per heavy atom. The first-order valence-electron chi connectivity index (χ1n) is 6.65. The molecule has 0 saturated heterocycles. The van der Waals surface area contributed by atoms with Crippen LogP contribution in [0.1, 0.15) is 38.2 Å². The van der Waals surface area contributed by atoms with Crippen LogP contribution in [0.5, 0.6) is 5.75 Å². The molecule has 1 nitrogen and oxygen atoms in total. The molecule has 0 heterocycles. The zero-order valence-corrected chi connectivity index (χ0v) is 11.8. The number of rotatable bonds is 3. The van der Waals surface area contributed by atoms with Gasteiger partial charge in [0.25, 0.3) is 0 Å². The van der Waals surface area contributed by atoms with E-state index in [0.29, 0.717) is 23.8 Å². The van der Waals surface area contributed by atoms with E-state index in [1.165, 1.54) is 25.7 Å². The van der Waals surface area contributed by atoms with Crippen LogP contribution in [0, 0.1) is 24.6 Å². The third kappa shape index (κ3) is 3.17. The fraction of sp³-hybridized carbons (Fsp3) is 0.600. The Morgan fingerprint density at radius 1 is 1.28 bits per heavy atom. The minimum absolute atomic E-state index is 0.110. The Kier molecular flexibility index (Phi) is 4.50. The van der Waals surface area contributed by atoms with Crippen molar-refractivity contribution in [2.24, 2.45) is 11.8 Å². The average molecular weight is 271 g/mol. The Morgan fingerprint density at radius 2 is 1.94 bits per heavy atom. The van der Waals surface area contributed by atoms with Crippen LogP contribution in [0.3, 0.4) is 0 Å². The van der Waals surface area contributed by atoms with Gasteiger partial charge in [0.2, 0.25) is 0 Å². The van der Waals surface area contributed by atoms with E-state index < -0.39 is 0 Å². The lowest BCUT2D eigenvalue weighted by molar-refractivity contribution is 0.187. The van der Waals surface area contributed by atoms with Crippen LogP contribution in [0.4, 0.5) is 4.39 Å². The van der Waals surface area contributed by atoms with Gasteiger partial charge in [0.1, 0.15) is 16.6 Å². The number of ether oxygens (including phenoxy) is 1. The van der Waals surface area contributed by atoms with Crippen molar-refractivity contribution in [1.29, 1.82) is 0 Å². The molecule has 0 spiro atoms. The lowest BCUT2D eigenvalue weighted by Gasteiger charge is -2.26. The molecule has 18 heavy (non-hydrogen) atoms. The summed E-state index contributed by atoms with van der Waals surface area (Å²) in [5, 5.41) is 0.110. The first-order chi connectivity index (χ1) is 8.58. The number of aryl methyl sites for hydroxylation is 1. The van der Waals surface area contributed by atoms with Crippen LogP contribution < -0.4 is 4.74 Å². The molecule has 0 atom stereocenters. The molecule has 0 bridgehead atoms. The van der Waals surface area contributed by atoms with E-state index >= 15 is 0 Å². The highest BCUT2D eigenvalue weighted by Gasteiger charge is 2.19. The van der Waals surface area contributed by atoms with Crippen LogP contribution in [0.25, 0.3) is 0 Å². The van der Waals surface area contributed by atoms with Gasteiger partial charge in [-0.2, -0.15) is 0 Å². The number of hydrogen-bond acceptors (Lipinski definition) is 1. The van der Waals surface area contributed by atoms with E-state index in [2.05, 4.69) is 6.92 Å². The van der Waals surface area contributed by atoms with Crippen molar-refractivity contribution >= 4 is 11.6 Å². The van der Waals surface area contributed by atoms with Crippen molar-refractivity contribution in [3.63, 3.8) is 0 Å². The number of benzene rings is 1. The van der Waals surface area contributed by atoms with Crippen LogP contribution in [0.15, 0.2) is 12.1 Å². The van der Waals surface area contributed by atoms with Crippen molar-refractivity contribution in [2.45, 2.75) is 39.5 Å². The molecule has 0 aliphatic heterocycles. The van der Waals surface area contributed by atoms with Crippen molar-refractivity contribution in [3.05, 3.63) is 28.5 Å². The standard InChI is InChI=1S/C15H20ClFO/c1-10-3-6-12(7-4-10)9-18-13-8-5-11(2)15(17)14(13)16/h5,8,10,12H,3-4,6-7,9H2,1-2H3. The molecule has 0 unspecified atom stereocenters. The SMILES string of the molecule is Cc1ccc(OCC2CCC(C)CC2)c(Cl)c1F. The monoisotopic (exact) mass is 270 g/mol. The average Bonchev–Trinajstić information content (AvgIpc) is 2.37. The molecule has 3 heteroatoms. The quantitative estimate of drug-likeness (QED) is 0.752. The Labute approximate surface area is 113 Å². The van der Waals surface area contributed by atoms with Gasteiger partial charge < -0.3 is 4.74 Å². The second-order valence-electron chi connectivity index (χ2n) is 5.45. The fourth-order valence-corrected chi connectivity index (χ4v) is 2.71. The van der Waals surface area contributed by atoms with E-state index in [4.69, 9.17) is 16.3 Å². The van der Waals surface area contributed by atoms with Gasteiger partial charge in [-0.25, -0.2) is 4.39 Å². The molecule has 1 aromatic rings. The third-order valence-electron chi connectivity index (χ3n) is 3.85.